The summed E-state index contributed by atoms with van der Waals surface area (Å²) in [5.74, 6) is 2.34. The van der Waals surface area contributed by atoms with Gasteiger partial charge in [0.25, 0.3) is 0 Å². The molecule has 0 amide bonds. The standard InChI is InChI=1S/C35H58O6/c1-20(22-9-7-8-10-22)30(36)31(37)21(2)24-11-12-25-23-18-35(38-15-16-39-35)29-17-27-28(41-32(3,4)40-27)19-34(29,6)26(23)13-14-33(24,25)5/h20-31,36-37H,7-19H2,1-6H3/t20-,21-,23?,24+,25?,26?,27-,28+,29?,30+,31+,33+,34+/m0/s1. The minimum Gasteiger partial charge on any atom is -0.390 e. The maximum absolute atomic E-state index is 11.6. The summed E-state index contributed by atoms with van der Waals surface area (Å²) in [5.41, 5.74) is 0.267. The van der Waals surface area contributed by atoms with E-state index in [9.17, 15) is 10.2 Å². The van der Waals surface area contributed by atoms with E-state index in [4.69, 9.17) is 18.9 Å². The van der Waals surface area contributed by atoms with Crippen molar-refractivity contribution < 1.29 is 29.2 Å². The number of hydrogen-bond donors (Lipinski definition) is 2. The van der Waals surface area contributed by atoms with Crippen molar-refractivity contribution in [3.05, 3.63) is 0 Å². The Morgan fingerprint density at radius 3 is 2.05 bits per heavy atom. The van der Waals surface area contributed by atoms with E-state index in [1.807, 2.05) is 0 Å². The zero-order chi connectivity index (χ0) is 28.9. The Hall–Kier alpha value is -0.240. The van der Waals surface area contributed by atoms with Crippen LogP contribution in [0.25, 0.3) is 0 Å². The van der Waals surface area contributed by atoms with Crippen LogP contribution < -0.4 is 0 Å². The van der Waals surface area contributed by atoms with Gasteiger partial charge in [0.05, 0.1) is 37.6 Å². The van der Waals surface area contributed by atoms with Crippen LogP contribution in [0.3, 0.4) is 0 Å². The fourth-order valence-corrected chi connectivity index (χ4v) is 12.6. The van der Waals surface area contributed by atoms with Crippen molar-refractivity contribution in [3.63, 3.8) is 0 Å². The number of ether oxygens (including phenoxy) is 4. The van der Waals surface area contributed by atoms with Gasteiger partial charge in [0.15, 0.2) is 11.6 Å². The Bertz CT molecular complexity index is 972. The van der Waals surface area contributed by atoms with Crippen molar-refractivity contribution in [1.29, 1.82) is 0 Å². The molecule has 13 atom stereocenters. The summed E-state index contributed by atoms with van der Waals surface area (Å²) in [6, 6.07) is 0. The predicted octanol–water partition coefficient (Wildman–Crippen LogP) is 6.31. The molecule has 6 heteroatoms. The van der Waals surface area contributed by atoms with Crippen LogP contribution in [0.1, 0.15) is 112 Å². The summed E-state index contributed by atoms with van der Waals surface area (Å²) in [5, 5.41) is 22.9. The molecule has 2 heterocycles. The lowest BCUT2D eigenvalue weighted by Crippen LogP contribution is -2.65. The van der Waals surface area contributed by atoms with E-state index in [2.05, 4.69) is 41.5 Å². The Labute approximate surface area is 248 Å². The van der Waals surface area contributed by atoms with Crippen molar-refractivity contribution in [3.8, 4) is 0 Å². The first kappa shape index (κ1) is 29.5. The molecule has 0 aromatic carbocycles. The molecule has 0 bridgehead atoms. The van der Waals surface area contributed by atoms with E-state index in [0.29, 0.717) is 48.7 Å². The molecule has 5 aliphatic carbocycles. The molecular weight excluding hydrogens is 516 g/mol. The molecule has 2 saturated heterocycles. The maximum atomic E-state index is 11.6. The highest BCUT2D eigenvalue weighted by atomic mass is 16.8. The topological polar surface area (TPSA) is 77.4 Å². The number of aliphatic hydroxyl groups excluding tert-OH is 2. The predicted molar refractivity (Wildman–Crippen MR) is 157 cm³/mol. The number of fused-ring (bicyclic) bond motifs is 7. The van der Waals surface area contributed by atoms with E-state index >= 15 is 0 Å². The third-order valence-corrected chi connectivity index (χ3v) is 14.6. The molecule has 5 saturated carbocycles. The van der Waals surface area contributed by atoms with Gasteiger partial charge in [0, 0.05) is 12.3 Å². The molecule has 7 aliphatic rings. The molecule has 1 spiro atoms. The normalized spacial score (nSPS) is 49.6. The van der Waals surface area contributed by atoms with Crippen molar-refractivity contribution in [2.75, 3.05) is 13.2 Å². The lowest BCUT2D eigenvalue weighted by Gasteiger charge is -2.65. The molecular formula is C35H58O6. The van der Waals surface area contributed by atoms with Gasteiger partial charge in [-0.2, -0.15) is 0 Å². The molecule has 2 N–H and O–H groups in total. The SMILES string of the molecule is C[C@H]([C@@H](O)[C@H](O)[C@@H](C)C1CCCC1)[C@H]1CCC2C3CC4(OCCO4)C4C[C@@H]5OC(C)(C)O[C@@H]5C[C@]4(C)C3CC[C@@]21C. The smallest absolute Gasteiger partial charge is 0.172 e. The highest BCUT2D eigenvalue weighted by molar-refractivity contribution is 5.16. The summed E-state index contributed by atoms with van der Waals surface area (Å²) in [6.07, 6.45) is 11.7. The first-order chi connectivity index (χ1) is 19.4. The van der Waals surface area contributed by atoms with Crippen LogP contribution in [0.4, 0.5) is 0 Å². The lowest BCUT2D eigenvalue weighted by molar-refractivity contribution is -0.301. The zero-order valence-corrected chi connectivity index (χ0v) is 26.6. The molecule has 4 unspecified atom stereocenters. The van der Waals surface area contributed by atoms with E-state index < -0.39 is 23.8 Å². The monoisotopic (exact) mass is 574 g/mol. The highest BCUT2D eigenvalue weighted by Gasteiger charge is 2.70. The Morgan fingerprint density at radius 2 is 1.34 bits per heavy atom. The molecule has 2 aliphatic heterocycles. The molecule has 234 valence electrons. The average molecular weight is 575 g/mol. The quantitative estimate of drug-likeness (QED) is 0.401. The number of aliphatic hydroxyl groups is 2. The highest BCUT2D eigenvalue weighted by Crippen LogP contribution is 2.71. The first-order valence-corrected chi connectivity index (χ1v) is 17.4. The third-order valence-electron chi connectivity index (χ3n) is 14.6. The van der Waals surface area contributed by atoms with Gasteiger partial charge in [0.1, 0.15) is 0 Å². The summed E-state index contributed by atoms with van der Waals surface area (Å²) < 4.78 is 26.3. The van der Waals surface area contributed by atoms with Gasteiger partial charge in [-0.05, 0) is 105 Å². The minimum atomic E-state index is -0.650. The third kappa shape index (κ3) is 4.46. The van der Waals surface area contributed by atoms with E-state index in [0.717, 1.165) is 25.7 Å². The fourth-order valence-electron chi connectivity index (χ4n) is 12.6. The molecule has 0 aromatic rings. The summed E-state index contributed by atoms with van der Waals surface area (Å²) >= 11 is 0. The molecule has 0 aromatic heterocycles. The van der Waals surface area contributed by atoms with E-state index in [1.165, 1.54) is 44.9 Å². The second-order valence-electron chi connectivity index (χ2n) is 16.8. The fraction of sp³-hybridized carbons (Fsp3) is 1.00. The second kappa shape index (κ2) is 10.1. The van der Waals surface area contributed by atoms with Crippen LogP contribution in [0.5, 0.6) is 0 Å². The van der Waals surface area contributed by atoms with Gasteiger partial charge in [-0.25, -0.2) is 0 Å². The minimum absolute atomic E-state index is 0.0929. The number of rotatable bonds is 5. The Balaban J connectivity index is 1.14. The molecule has 6 nitrogen and oxygen atoms in total. The number of hydrogen-bond acceptors (Lipinski definition) is 6. The van der Waals surface area contributed by atoms with Gasteiger partial charge >= 0.3 is 0 Å². The van der Waals surface area contributed by atoms with Crippen molar-refractivity contribution in [2.24, 2.45) is 58.2 Å². The Kier molecular flexibility index (Phi) is 7.29. The lowest BCUT2D eigenvalue weighted by atomic mass is 9.42. The maximum Gasteiger partial charge on any atom is 0.172 e. The summed E-state index contributed by atoms with van der Waals surface area (Å²) in [4.78, 5) is 0. The molecule has 7 fully saturated rings. The first-order valence-electron chi connectivity index (χ1n) is 17.4. The van der Waals surface area contributed by atoms with Crippen molar-refractivity contribution in [1.82, 2.24) is 0 Å². The zero-order valence-electron chi connectivity index (χ0n) is 26.6. The second-order valence-corrected chi connectivity index (χ2v) is 16.8. The van der Waals surface area contributed by atoms with Crippen LogP contribution in [0.2, 0.25) is 0 Å². The summed E-state index contributed by atoms with van der Waals surface area (Å²) in [7, 11) is 0. The van der Waals surface area contributed by atoms with Crippen LogP contribution in [-0.4, -0.2) is 59.4 Å². The van der Waals surface area contributed by atoms with Crippen molar-refractivity contribution >= 4 is 0 Å². The van der Waals surface area contributed by atoms with Crippen LogP contribution in [0.15, 0.2) is 0 Å². The van der Waals surface area contributed by atoms with E-state index in [-0.39, 0.29) is 34.9 Å². The van der Waals surface area contributed by atoms with Gasteiger partial charge in [-0.3, -0.25) is 0 Å². The molecule has 0 radical (unpaired) electrons. The van der Waals surface area contributed by atoms with Crippen molar-refractivity contribution in [2.45, 2.75) is 148 Å². The van der Waals surface area contributed by atoms with E-state index in [1.54, 1.807) is 0 Å². The van der Waals surface area contributed by atoms with Crippen LogP contribution in [0, 0.1) is 58.2 Å². The summed E-state index contributed by atoms with van der Waals surface area (Å²) in [6.45, 7) is 15.0. The van der Waals surface area contributed by atoms with Gasteiger partial charge in [-0.15, -0.1) is 0 Å². The Morgan fingerprint density at radius 1 is 0.707 bits per heavy atom. The van der Waals surface area contributed by atoms with Crippen LogP contribution >= 0.6 is 0 Å². The van der Waals surface area contributed by atoms with Gasteiger partial charge in [-0.1, -0.05) is 53.4 Å². The van der Waals surface area contributed by atoms with Crippen LogP contribution in [-0.2, 0) is 18.9 Å². The molecule has 7 rings (SSSR count). The average Bonchev–Trinajstić information content (AvgIpc) is 3.71. The largest absolute Gasteiger partial charge is 0.390 e. The molecule has 41 heavy (non-hydrogen) atoms. The van der Waals surface area contributed by atoms with Gasteiger partial charge < -0.3 is 29.2 Å². The van der Waals surface area contributed by atoms with Gasteiger partial charge in [0.2, 0.25) is 0 Å².